The first kappa shape index (κ1) is 14.1. The van der Waals surface area contributed by atoms with Crippen LogP contribution in [-0.4, -0.2) is 12.5 Å². The van der Waals surface area contributed by atoms with Gasteiger partial charge in [-0.2, -0.15) is 0 Å². The molecule has 0 unspecified atom stereocenters. The van der Waals surface area contributed by atoms with Gasteiger partial charge in [-0.15, -0.1) is 0 Å². The summed E-state index contributed by atoms with van der Waals surface area (Å²) in [7, 11) is 0. The van der Waals surface area contributed by atoms with Crippen molar-refractivity contribution in [1.82, 2.24) is 0 Å². The van der Waals surface area contributed by atoms with Crippen molar-refractivity contribution in [2.75, 3.05) is 17.2 Å². The van der Waals surface area contributed by atoms with Crippen LogP contribution in [0.5, 0.6) is 0 Å². The Balaban J connectivity index is 1.78. The fourth-order valence-corrected chi connectivity index (χ4v) is 2.08. The molecule has 1 amide bonds. The lowest BCUT2D eigenvalue weighted by molar-refractivity contribution is -0.114. The van der Waals surface area contributed by atoms with Crippen LogP contribution in [0.4, 0.5) is 11.4 Å². The predicted octanol–water partition coefficient (Wildman–Crippen LogP) is 3.69. The third kappa shape index (κ3) is 4.76. The van der Waals surface area contributed by atoms with Crippen LogP contribution in [0, 0.1) is 0 Å². The van der Waals surface area contributed by atoms with Gasteiger partial charge in [-0.25, -0.2) is 0 Å². The van der Waals surface area contributed by atoms with Gasteiger partial charge < -0.3 is 10.6 Å². The molecule has 0 heterocycles. The van der Waals surface area contributed by atoms with E-state index >= 15 is 0 Å². The Morgan fingerprint density at radius 1 is 1.00 bits per heavy atom. The van der Waals surface area contributed by atoms with Gasteiger partial charge in [0.2, 0.25) is 5.91 Å². The van der Waals surface area contributed by atoms with Crippen LogP contribution < -0.4 is 10.6 Å². The number of amides is 1. The average molecular weight is 268 g/mol. The second kappa shape index (κ2) is 7.34. The maximum Gasteiger partial charge on any atom is 0.221 e. The maximum atomic E-state index is 11.0. The monoisotopic (exact) mass is 268 g/mol. The van der Waals surface area contributed by atoms with Crippen molar-refractivity contribution in [3.8, 4) is 0 Å². The summed E-state index contributed by atoms with van der Waals surface area (Å²) < 4.78 is 0. The second-order valence-corrected chi connectivity index (χ2v) is 4.78. The number of nitrogens with one attached hydrogen (secondary N) is 2. The van der Waals surface area contributed by atoms with E-state index in [1.165, 1.54) is 12.5 Å². The third-order valence-electron chi connectivity index (χ3n) is 3.00. The van der Waals surface area contributed by atoms with E-state index in [9.17, 15) is 4.79 Å². The Bertz CT molecular complexity index is 552. The van der Waals surface area contributed by atoms with Gasteiger partial charge in [-0.05, 0) is 36.6 Å². The quantitative estimate of drug-likeness (QED) is 0.784. The van der Waals surface area contributed by atoms with Crippen LogP contribution in [0.2, 0.25) is 0 Å². The third-order valence-corrected chi connectivity index (χ3v) is 3.00. The Morgan fingerprint density at radius 3 is 2.50 bits per heavy atom. The Labute approximate surface area is 120 Å². The van der Waals surface area contributed by atoms with Crippen molar-refractivity contribution >= 4 is 17.3 Å². The van der Waals surface area contributed by atoms with Gasteiger partial charge >= 0.3 is 0 Å². The topological polar surface area (TPSA) is 41.1 Å². The highest BCUT2D eigenvalue weighted by Gasteiger charge is 1.97. The molecule has 0 aliphatic carbocycles. The fourth-order valence-electron chi connectivity index (χ4n) is 2.08. The number of hydrogen-bond acceptors (Lipinski definition) is 2. The molecule has 2 aromatic rings. The molecule has 20 heavy (non-hydrogen) atoms. The van der Waals surface area contributed by atoms with E-state index in [1.807, 2.05) is 30.3 Å². The first-order chi connectivity index (χ1) is 9.74. The van der Waals surface area contributed by atoms with Gasteiger partial charge in [0.1, 0.15) is 0 Å². The van der Waals surface area contributed by atoms with Crippen molar-refractivity contribution in [2.45, 2.75) is 19.8 Å². The minimum absolute atomic E-state index is 0.0498. The molecule has 0 spiro atoms. The van der Waals surface area contributed by atoms with Gasteiger partial charge in [-0.3, -0.25) is 4.79 Å². The van der Waals surface area contributed by atoms with Gasteiger partial charge in [0.05, 0.1) is 0 Å². The zero-order valence-electron chi connectivity index (χ0n) is 11.7. The number of aryl methyl sites for hydroxylation is 1. The zero-order chi connectivity index (χ0) is 14.2. The SMILES string of the molecule is CC(=O)Nc1cccc(NCCCc2ccccc2)c1. The Hall–Kier alpha value is -2.29. The lowest BCUT2D eigenvalue weighted by atomic mass is 10.1. The standard InChI is InChI=1S/C17H20N2O/c1-14(20)19-17-11-5-10-16(13-17)18-12-6-9-15-7-3-2-4-8-15/h2-5,7-8,10-11,13,18H,6,9,12H2,1H3,(H,19,20). The van der Waals surface area contributed by atoms with Crippen LogP contribution in [0.1, 0.15) is 18.9 Å². The fraction of sp³-hybridized carbons (Fsp3) is 0.235. The molecule has 0 saturated heterocycles. The number of hydrogen-bond donors (Lipinski definition) is 2. The summed E-state index contributed by atoms with van der Waals surface area (Å²) in [6, 6.07) is 18.3. The highest BCUT2D eigenvalue weighted by Crippen LogP contribution is 2.15. The molecule has 2 rings (SSSR count). The van der Waals surface area contributed by atoms with E-state index in [1.54, 1.807) is 0 Å². The second-order valence-electron chi connectivity index (χ2n) is 4.78. The molecular formula is C17H20N2O. The molecule has 2 N–H and O–H groups in total. The molecule has 104 valence electrons. The van der Waals surface area contributed by atoms with Crippen molar-refractivity contribution in [3.05, 3.63) is 60.2 Å². The average Bonchev–Trinajstić information content (AvgIpc) is 2.44. The summed E-state index contributed by atoms with van der Waals surface area (Å²) in [5.41, 5.74) is 3.22. The lowest BCUT2D eigenvalue weighted by Gasteiger charge is -2.08. The summed E-state index contributed by atoms with van der Waals surface area (Å²) in [6.07, 6.45) is 2.15. The smallest absolute Gasteiger partial charge is 0.221 e. The summed E-state index contributed by atoms with van der Waals surface area (Å²) >= 11 is 0. The van der Waals surface area contributed by atoms with Gasteiger partial charge in [0.15, 0.2) is 0 Å². The molecule has 3 heteroatoms. The van der Waals surface area contributed by atoms with Gasteiger partial charge in [0.25, 0.3) is 0 Å². The number of carbonyl (C=O) groups excluding carboxylic acids is 1. The van der Waals surface area contributed by atoms with Crippen LogP contribution in [0.3, 0.4) is 0 Å². The van der Waals surface area contributed by atoms with Crippen LogP contribution in [0.25, 0.3) is 0 Å². The summed E-state index contributed by atoms with van der Waals surface area (Å²) in [5.74, 6) is -0.0498. The molecule has 0 bridgehead atoms. The highest BCUT2D eigenvalue weighted by molar-refractivity contribution is 5.89. The molecule has 0 radical (unpaired) electrons. The Kier molecular flexibility index (Phi) is 5.18. The minimum Gasteiger partial charge on any atom is -0.385 e. The highest BCUT2D eigenvalue weighted by atomic mass is 16.1. The normalized spacial score (nSPS) is 10.1. The zero-order valence-corrected chi connectivity index (χ0v) is 11.7. The van der Waals surface area contributed by atoms with Gasteiger partial charge in [-0.1, -0.05) is 36.4 Å². The number of carbonyl (C=O) groups is 1. The Morgan fingerprint density at radius 2 is 1.75 bits per heavy atom. The number of rotatable bonds is 6. The largest absolute Gasteiger partial charge is 0.385 e. The van der Waals surface area contributed by atoms with E-state index < -0.39 is 0 Å². The molecule has 0 saturated carbocycles. The molecule has 0 atom stereocenters. The molecule has 2 aromatic carbocycles. The van der Waals surface area contributed by atoms with E-state index in [2.05, 4.69) is 34.9 Å². The molecule has 0 aromatic heterocycles. The first-order valence-corrected chi connectivity index (χ1v) is 6.89. The maximum absolute atomic E-state index is 11.0. The predicted molar refractivity (Wildman–Crippen MR) is 84.0 cm³/mol. The van der Waals surface area contributed by atoms with E-state index in [4.69, 9.17) is 0 Å². The first-order valence-electron chi connectivity index (χ1n) is 6.89. The van der Waals surface area contributed by atoms with E-state index in [-0.39, 0.29) is 5.91 Å². The molecule has 0 aliphatic rings. The molecular weight excluding hydrogens is 248 g/mol. The summed E-state index contributed by atoms with van der Waals surface area (Å²) in [5, 5.41) is 6.16. The van der Waals surface area contributed by atoms with Gasteiger partial charge in [0, 0.05) is 24.8 Å². The van der Waals surface area contributed by atoms with Crippen molar-refractivity contribution in [1.29, 1.82) is 0 Å². The summed E-state index contributed by atoms with van der Waals surface area (Å²) in [4.78, 5) is 11.0. The van der Waals surface area contributed by atoms with Crippen LogP contribution >= 0.6 is 0 Å². The number of benzene rings is 2. The van der Waals surface area contributed by atoms with E-state index in [0.717, 1.165) is 30.8 Å². The van der Waals surface area contributed by atoms with Crippen LogP contribution in [-0.2, 0) is 11.2 Å². The minimum atomic E-state index is -0.0498. The molecule has 3 nitrogen and oxygen atoms in total. The van der Waals surface area contributed by atoms with Crippen molar-refractivity contribution in [3.63, 3.8) is 0 Å². The molecule has 0 aliphatic heterocycles. The number of anilines is 2. The van der Waals surface area contributed by atoms with E-state index in [0.29, 0.717) is 0 Å². The van der Waals surface area contributed by atoms with Crippen LogP contribution in [0.15, 0.2) is 54.6 Å². The van der Waals surface area contributed by atoms with Crippen molar-refractivity contribution < 1.29 is 4.79 Å². The molecule has 0 fully saturated rings. The summed E-state index contributed by atoms with van der Waals surface area (Å²) in [6.45, 7) is 2.43. The van der Waals surface area contributed by atoms with Crippen molar-refractivity contribution in [2.24, 2.45) is 0 Å². The lowest BCUT2D eigenvalue weighted by Crippen LogP contribution is -2.07.